The van der Waals surface area contributed by atoms with Gasteiger partial charge in [-0.2, -0.15) is 0 Å². The zero-order valence-electron chi connectivity index (χ0n) is 18.0. The number of nitrogens with zero attached hydrogens (tertiary/aromatic N) is 2. The minimum Gasteiger partial charge on any atom is -0.378 e. The summed E-state index contributed by atoms with van der Waals surface area (Å²) >= 11 is 0. The highest BCUT2D eigenvalue weighted by atomic mass is 16.5. The van der Waals surface area contributed by atoms with Crippen molar-refractivity contribution in [3.05, 3.63) is 59.7 Å². The van der Waals surface area contributed by atoms with E-state index in [2.05, 4.69) is 10.6 Å². The van der Waals surface area contributed by atoms with Gasteiger partial charge in [0.15, 0.2) is 0 Å². The first-order valence-electron chi connectivity index (χ1n) is 11.0. The lowest BCUT2D eigenvalue weighted by Gasteiger charge is -2.27. The summed E-state index contributed by atoms with van der Waals surface area (Å²) < 4.78 is 5.29. The van der Waals surface area contributed by atoms with Crippen molar-refractivity contribution in [1.29, 1.82) is 0 Å². The average molecular weight is 437 g/mol. The molecule has 2 aromatic carbocycles. The summed E-state index contributed by atoms with van der Waals surface area (Å²) in [5, 5.41) is 5.88. The summed E-state index contributed by atoms with van der Waals surface area (Å²) in [6, 6.07) is 14.1. The summed E-state index contributed by atoms with van der Waals surface area (Å²) in [6.07, 6.45) is 2.12. The van der Waals surface area contributed by atoms with E-state index in [0.717, 1.165) is 31.6 Å². The molecule has 2 N–H and O–H groups in total. The molecule has 2 fully saturated rings. The van der Waals surface area contributed by atoms with Gasteiger partial charge < -0.3 is 25.2 Å². The van der Waals surface area contributed by atoms with Crippen LogP contribution >= 0.6 is 0 Å². The fraction of sp³-hybridized carbons (Fsp3) is 0.375. The number of benzene rings is 2. The number of hydrogen-bond donors (Lipinski definition) is 2. The molecule has 2 aliphatic rings. The highest BCUT2D eigenvalue weighted by Crippen LogP contribution is 2.16. The number of ether oxygens (including phenoxy) is 1. The average Bonchev–Trinajstić information content (AvgIpc) is 3.38. The van der Waals surface area contributed by atoms with Gasteiger partial charge in [-0.25, -0.2) is 0 Å². The molecule has 32 heavy (non-hydrogen) atoms. The minimum absolute atomic E-state index is 0.0540. The molecule has 2 aliphatic heterocycles. The Morgan fingerprint density at radius 2 is 1.44 bits per heavy atom. The highest BCUT2D eigenvalue weighted by Gasteiger charge is 2.20. The van der Waals surface area contributed by atoms with Gasteiger partial charge in [0, 0.05) is 48.7 Å². The monoisotopic (exact) mass is 436 g/mol. The van der Waals surface area contributed by atoms with Gasteiger partial charge in [-0.1, -0.05) is 6.07 Å². The molecule has 0 bridgehead atoms. The van der Waals surface area contributed by atoms with E-state index in [0.29, 0.717) is 43.1 Å². The summed E-state index contributed by atoms with van der Waals surface area (Å²) in [4.78, 5) is 41.0. The summed E-state index contributed by atoms with van der Waals surface area (Å²) in [5.41, 5.74) is 2.52. The molecule has 2 heterocycles. The number of likely N-dealkylation sites (tertiary alicyclic amines) is 1. The molecule has 0 saturated carbocycles. The van der Waals surface area contributed by atoms with Gasteiger partial charge in [0.1, 0.15) is 0 Å². The van der Waals surface area contributed by atoms with Gasteiger partial charge >= 0.3 is 0 Å². The number of carbonyl (C=O) groups is 3. The van der Waals surface area contributed by atoms with Crippen molar-refractivity contribution >= 4 is 29.1 Å². The van der Waals surface area contributed by atoms with Crippen LogP contribution in [0.4, 0.5) is 11.4 Å². The number of hydrogen-bond acceptors (Lipinski definition) is 5. The van der Waals surface area contributed by atoms with Crippen LogP contribution in [0.25, 0.3) is 0 Å². The molecular weight excluding hydrogens is 408 g/mol. The van der Waals surface area contributed by atoms with Crippen LogP contribution in [0.3, 0.4) is 0 Å². The summed E-state index contributed by atoms with van der Waals surface area (Å²) in [7, 11) is 0. The van der Waals surface area contributed by atoms with Crippen molar-refractivity contribution in [1.82, 2.24) is 9.80 Å². The van der Waals surface area contributed by atoms with Gasteiger partial charge in [-0.05, 0) is 55.3 Å². The highest BCUT2D eigenvalue weighted by molar-refractivity contribution is 5.98. The summed E-state index contributed by atoms with van der Waals surface area (Å²) in [6.45, 7) is 3.93. The van der Waals surface area contributed by atoms with E-state index in [9.17, 15) is 14.4 Å². The Morgan fingerprint density at radius 3 is 2.16 bits per heavy atom. The maximum atomic E-state index is 12.6. The lowest BCUT2D eigenvalue weighted by atomic mass is 10.1. The molecule has 2 saturated heterocycles. The second-order valence-electron chi connectivity index (χ2n) is 7.96. The Kier molecular flexibility index (Phi) is 7.01. The molecule has 8 heteroatoms. The van der Waals surface area contributed by atoms with Gasteiger partial charge in [0.05, 0.1) is 19.8 Å². The van der Waals surface area contributed by atoms with E-state index in [1.165, 1.54) is 0 Å². The predicted octanol–water partition coefficient (Wildman–Crippen LogP) is 2.45. The second kappa shape index (κ2) is 10.3. The first-order valence-corrected chi connectivity index (χ1v) is 11.0. The van der Waals surface area contributed by atoms with E-state index in [1.54, 1.807) is 53.4 Å². The quantitative estimate of drug-likeness (QED) is 0.726. The van der Waals surface area contributed by atoms with Crippen LogP contribution in [0, 0.1) is 0 Å². The fourth-order valence-electron chi connectivity index (χ4n) is 3.90. The molecule has 8 nitrogen and oxygen atoms in total. The second-order valence-corrected chi connectivity index (χ2v) is 7.96. The van der Waals surface area contributed by atoms with Crippen molar-refractivity contribution in [2.45, 2.75) is 12.8 Å². The molecule has 0 spiro atoms. The van der Waals surface area contributed by atoms with E-state index in [4.69, 9.17) is 4.74 Å². The molecule has 0 aromatic heterocycles. The third-order valence-corrected chi connectivity index (χ3v) is 5.67. The topological polar surface area (TPSA) is 91.0 Å². The number of rotatable bonds is 6. The van der Waals surface area contributed by atoms with Crippen molar-refractivity contribution < 1.29 is 19.1 Å². The Labute approximate surface area is 187 Å². The lowest BCUT2D eigenvalue weighted by molar-refractivity contribution is -0.114. The van der Waals surface area contributed by atoms with E-state index < -0.39 is 0 Å². The SMILES string of the molecule is O=C(CNc1ccc(C(=O)N2CCCC2)cc1)Nc1cccc(C(=O)N2CCOCC2)c1. The van der Waals surface area contributed by atoms with E-state index >= 15 is 0 Å². The van der Waals surface area contributed by atoms with Gasteiger partial charge in [-0.15, -0.1) is 0 Å². The van der Waals surface area contributed by atoms with Crippen molar-refractivity contribution in [3.8, 4) is 0 Å². The molecule has 2 aromatic rings. The van der Waals surface area contributed by atoms with Gasteiger partial charge in [-0.3, -0.25) is 14.4 Å². The molecule has 168 valence electrons. The van der Waals surface area contributed by atoms with Crippen LogP contribution in [-0.2, 0) is 9.53 Å². The van der Waals surface area contributed by atoms with Gasteiger partial charge in [0.25, 0.3) is 11.8 Å². The van der Waals surface area contributed by atoms with Crippen molar-refractivity contribution in [3.63, 3.8) is 0 Å². The van der Waals surface area contributed by atoms with Crippen LogP contribution in [0.1, 0.15) is 33.6 Å². The standard InChI is InChI=1S/C24H28N4O4/c29-22(17-25-20-8-6-18(7-9-20)23(30)27-10-1-2-11-27)26-21-5-3-4-19(16-21)24(31)28-12-14-32-15-13-28/h3-9,16,25H,1-2,10-15,17H2,(H,26,29). The maximum Gasteiger partial charge on any atom is 0.254 e. The molecule has 4 rings (SSSR count). The first kappa shape index (κ1) is 21.8. The molecule has 3 amide bonds. The normalized spacial score (nSPS) is 16.0. The van der Waals surface area contributed by atoms with Crippen LogP contribution in [0.5, 0.6) is 0 Å². The molecule has 0 radical (unpaired) electrons. The van der Waals surface area contributed by atoms with Gasteiger partial charge in [0.2, 0.25) is 5.91 Å². The lowest BCUT2D eigenvalue weighted by Crippen LogP contribution is -2.40. The van der Waals surface area contributed by atoms with Crippen LogP contribution < -0.4 is 10.6 Å². The van der Waals surface area contributed by atoms with Crippen LogP contribution in [0.15, 0.2) is 48.5 Å². The number of carbonyl (C=O) groups excluding carboxylic acids is 3. The van der Waals surface area contributed by atoms with Crippen LogP contribution in [-0.4, -0.2) is 73.5 Å². The molecule has 0 aliphatic carbocycles. The fourth-order valence-corrected chi connectivity index (χ4v) is 3.90. The third-order valence-electron chi connectivity index (χ3n) is 5.67. The Hall–Kier alpha value is -3.39. The molecule has 0 atom stereocenters. The number of nitrogens with one attached hydrogen (secondary N) is 2. The smallest absolute Gasteiger partial charge is 0.254 e. The number of morpholine rings is 1. The van der Waals surface area contributed by atoms with Crippen LogP contribution in [0.2, 0.25) is 0 Å². The van der Waals surface area contributed by atoms with Crippen molar-refractivity contribution in [2.75, 3.05) is 56.6 Å². The first-order chi connectivity index (χ1) is 15.6. The third kappa shape index (κ3) is 5.45. The van der Waals surface area contributed by atoms with E-state index in [-0.39, 0.29) is 24.3 Å². The van der Waals surface area contributed by atoms with E-state index in [1.807, 2.05) is 4.90 Å². The number of anilines is 2. The zero-order valence-corrected chi connectivity index (χ0v) is 18.0. The maximum absolute atomic E-state index is 12.6. The Balaban J connectivity index is 1.28. The summed E-state index contributed by atoms with van der Waals surface area (Å²) in [5.74, 6) is -0.234. The molecule has 0 unspecified atom stereocenters. The van der Waals surface area contributed by atoms with Crippen molar-refractivity contribution in [2.24, 2.45) is 0 Å². The zero-order chi connectivity index (χ0) is 22.3. The predicted molar refractivity (Wildman–Crippen MR) is 122 cm³/mol. The Bertz CT molecular complexity index is 964. The number of amides is 3. The minimum atomic E-state index is -0.224. The molecular formula is C24H28N4O4. The largest absolute Gasteiger partial charge is 0.378 e. The Morgan fingerprint density at radius 1 is 0.781 bits per heavy atom.